The highest BCUT2D eigenvalue weighted by molar-refractivity contribution is 6.30. The van der Waals surface area contributed by atoms with E-state index < -0.39 is 0 Å². The summed E-state index contributed by atoms with van der Waals surface area (Å²) in [5, 5.41) is 3.40. The topological polar surface area (TPSA) is 24.9 Å². The van der Waals surface area contributed by atoms with E-state index in [2.05, 4.69) is 10.3 Å². The molecule has 0 spiro atoms. The fraction of sp³-hybridized carbons (Fsp3) is 0.214. The van der Waals surface area contributed by atoms with Gasteiger partial charge >= 0.3 is 0 Å². The lowest BCUT2D eigenvalue weighted by Gasteiger charge is -2.14. The van der Waals surface area contributed by atoms with Gasteiger partial charge in [-0.2, -0.15) is 0 Å². The van der Waals surface area contributed by atoms with Crippen LogP contribution in [0.5, 0.6) is 0 Å². The highest BCUT2D eigenvalue weighted by atomic mass is 35.5. The molecule has 1 aromatic carbocycles. The van der Waals surface area contributed by atoms with E-state index in [-0.39, 0.29) is 16.9 Å². The number of halogens is 2. The maximum atomic E-state index is 13.7. The quantitative estimate of drug-likeness (QED) is 0.910. The Morgan fingerprint density at radius 3 is 2.89 bits per heavy atom. The number of nitrogens with one attached hydrogen (secondary N) is 1. The van der Waals surface area contributed by atoms with Crippen LogP contribution in [0.1, 0.15) is 24.1 Å². The van der Waals surface area contributed by atoms with E-state index in [0.29, 0.717) is 12.1 Å². The van der Waals surface area contributed by atoms with Crippen molar-refractivity contribution in [3.05, 3.63) is 64.7 Å². The predicted molar refractivity (Wildman–Crippen MR) is 70.9 cm³/mol. The number of nitrogens with zero attached hydrogens (tertiary/aromatic N) is 1. The third-order valence-electron chi connectivity index (χ3n) is 2.81. The second kappa shape index (κ2) is 5.94. The van der Waals surface area contributed by atoms with Crippen LogP contribution in [0.3, 0.4) is 0 Å². The molecule has 1 N–H and O–H groups in total. The minimum Gasteiger partial charge on any atom is -0.306 e. The zero-order valence-electron chi connectivity index (χ0n) is 10.0. The molecule has 2 aromatic rings. The first kappa shape index (κ1) is 13.0. The lowest BCUT2D eigenvalue weighted by Crippen LogP contribution is -2.18. The highest BCUT2D eigenvalue weighted by Gasteiger charge is 2.08. The van der Waals surface area contributed by atoms with E-state index in [9.17, 15) is 4.39 Å². The molecule has 1 atom stereocenters. The van der Waals surface area contributed by atoms with Gasteiger partial charge in [0.05, 0.1) is 5.02 Å². The summed E-state index contributed by atoms with van der Waals surface area (Å²) in [5.74, 6) is -0.356. The number of benzene rings is 1. The molecular formula is C14H14ClFN2. The predicted octanol–water partition coefficient (Wildman–Crippen LogP) is 3.72. The molecule has 0 amide bonds. The van der Waals surface area contributed by atoms with Crippen molar-refractivity contribution < 1.29 is 4.39 Å². The Morgan fingerprint density at radius 2 is 2.17 bits per heavy atom. The number of pyridine rings is 1. The van der Waals surface area contributed by atoms with Crippen molar-refractivity contribution in [3.63, 3.8) is 0 Å². The van der Waals surface area contributed by atoms with Crippen molar-refractivity contribution in [1.82, 2.24) is 10.3 Å². The Morgan fingerprint density at radius 1 is 1.33 bits per heavy atom. The third-order valence-corrected chi connectivity index (χ3v) is 3.11. The van der Waals surface area contributed by atoms with Crippen LogP contribution in [0, 0.1) is 5.82 Å². The summed E-state index contributed by atoms with van der Waals surface area (Å²) in [7, 11) is 0. The standard InChI is InChI=1S/C14H14ClFN2/c1-10(11-5-3-7-17-8-11)18-9-12-4-2-6-13(15)14(12)16/h2-8,10,18H,9H2,1H3. The fourth-order valence-corrected chi connectivity index (χ4v) is 1.89. The minimum absolute atomic E-state index is 0.108. The summed E-state index contributed by atoms with van der Waals surface area (Å²) in [4.78, 5) is 4.06. The zero-order valence-corrected chi connectivity index (χ0v) is 10.8. The molecule has 0 saturated heterocycles. The Bertz CT molecular complexity index is 516. The number of rotatable bonds is 4. The van der Waals surface area contributed by atoms with Crippen LogP contribution in [-0.4, -0.2) is 4.98 Å². The molecule has 2 rings (SSSR count). The Balaban J connectivity index is 2.02. The maximum absolute atomic E-state index is 13.7. The summed E-state index contributed by atoms with van der Waals surface area (Å²) >= 11 is 5.73. The molecule has 94 valence electrons. The molecule has 2 nitrogen and oxygen atoms in total. The van der Waals surface area contributed by atoms with E-state index in [1.807, 2.05) is 19.1 Å². The second-order valence-electron chi connectivity index (χ2n) is 4.10. The Hall–Kier alpha value is -1.45. The maximum Gasteiger partial charge on any atom is 0.146 e. The molecule has 1 heterocycles. The molecule has 0 fully saturated rings. The van der Waals surface area contributed by atoms with Crippen molar-refractivity contribution in [3.8, 4) is 0 Å². The van der Waals surface area contributed by atoms with Crippen LogP contribution in [0.15, 0.2) is 42.7 Å². The van der Waals surface area contributed by atoms with Crippen LogP contribution < -0.4 is 5.32 Å². The van der Waals surface area contributed by atoms with Crippen LogP contribution in [0.2, 0.25) is 5.02 Å². The van der Waals surface area contributed by atoms with Gasteiger partial charge in [0.1, 0.15) is 5.82 Å². The highest BCUT2D eigenvalue weighted by Crippen LogP contribution is 2.19. The van der Waals surface area contributed by atoms with Crippen molar-refractivity contribution >= 4 is 11.6 Å². The Kier molecular flexibility index (Phi) is 4.28. The SMILES string of the molecule is CC(NCc1cccc(Cl)c1F)c1cccnc1. The lowest BCUT2D eigenvalue weighted by molar-refractivity contribution is 0.543. The van der Waals surface area contributed by atoms with Gasteiger partial charge in [-0.3, -0.25) is 4.98 Å². The van der Waals surface area contributed by atoms with Crippen molar-refractivity contribution in [1.29, 1.82) is 0 Å². The van der Waals surface area contributed by atoms with Crippen LogP contribution in [0.4, 0.5) is 4.39 Å². The fourth-order valence-electron chi connectivity index (χ4n) is 1.70. The van der Waals surface area contributed by atoms with Crippen molar-refractivity contribution in [2.75, 3.05) is 0 Å². The molecule has 0 radical (unpaired) electrons. The second-order valence-corrected chi connectivity index (χ2v) is 4.51. The van der Waals surface area contributed by atoms with Crippen LogP contribution in [0.25, 0.3) is 0 Å². The molecule has 0 bridgehead atoms. The average Bonchev–Trinajstić information content (AvgIpc) is 2.41. The first-order valence-electron chi connectivity index (χ1n) is 5.74. The first-order valence-corrected chi connectivity index (χ1v) is 6.12. The summed E-state index contributed by atoms with van der Waals surface area (Å²) in [5.41, 5.74) is 1.64. The van der Waals surface area contributed by atoms with Gasteiger partial charge in [0, 0.05) is 30.5 Å². The minimum atomic E-state index is -0.356. The summed E-state index contributed by atoms with van der Waals surface area (Å²) < 4.78 is 13.7. The normalized spacial score (nSPS) is 12.4. The molecule has 1 aromatic heterocycles. The van der Waals surface area contributed by atoms with Crippen molar-refractivity contribution in [2.24, 2.45) is 0 Å². The van der Waals surface area contributed by atoms with E-state index in [1.54, 1.807) is 30.6 Å². The van der Waals surface area contributed by atoms with Gasteiger partial charge < -0.3 is 5.32 Å². The van der Waals surface area contributed by atoms with E-state index >= 15 is 0 Å². The molecular weight excluding hydrogens is 251 g/mol. The van der Waals surface area contributed by atoms with Crippen LogP contribution in [-0.2, 0) is 6.54 Å². The van der Waals surface area contributed by atoms with Gasteiger partial charge in [-0.05, 0) is 24.6 Å². The van der Waals surface area contributed by atoms with E-state index in [1.165, 1.54) is 0 Å². The van der Waals surface area contributed by atoms with Gasteiger partial charge in [0.25, 0.3) is 0 Å². The monoisotopic (exact) mass is 264 g/mol. The van der Waals surface area contributed by atoms with E-state index in [0.717, 1.165) is 5.56 Å². The Labute approximate surface area is 111 Å². The van der Waals surface area contributed by atoms with Gasteiger partial charge in [0.15, 0.2) is 0 Å². The molecule has 4 heteroatoms. The molecule has 0 aliphatic heterocycles. The summed E-state index contributed by atoms with van der Waals surface area (Å²) in [6.07, 6.45) is 3.53. The van der Waals surface area contributed by atoms with Crippen LogP contribution >= 0.6 is 11.6 Å². The average molecular weight is 265 g/mol. The molecule has 0 aliphatic rings. The van der Waals surface area contributed by atoms with Gasteiger partial charge in [0.2, 0.25) is 0 Å². The smallest absolute Gasteiger partial charge is 0.146 e. The first-order chi connectivity index (χ1) is 8.68. The number of aromatic nitrogens is 1. The zero-order chi connectivity index (χ0) is 13.0. The largest absolute Gasteiger partial charge is 0.306 e. The summed E-state index contributed by atoms with van der Waals surface area (Å²) in [6, 6.07) is 9.00. The van der Waals surface area contributed by atoms with Gasteiger partial charge in [-0.1, -0.05) is 29.8 Å². The molecule has 18 heavy (non-hydrogen) atoms. The molecule has 1 unspecified atom stereocenters. The summed E-state index contributed by atoms with van der Waals surface area (Å²) in [6.45, 7) is 2.45. The number of hydrogen-bond donors (Lipinski definition) is 1. The van der Waals surface area contributed by atoms with Gasteiger partial charge in [-0.25, -0.2) is 4.39 Å². The third kappa shape index (κ3) is 3.06. The van der Waals surface area contributed by atoms with Crippen molar-refractivity contribution in [2.45, 2.75) is 19.5 Å². The molecule has 0 saturated carbocycles. The number of hydrogen-bond acceptors (Lipinski definition) is 2. The molecule has 0 aliphatic carbocycles. The van der Waals surface area contributed by atoms with E-state index in [4.69, 9.17) is 11.6 Å². The lowest BCUT2D eigenvalue weighted by atomic mass is 10.1. The van der Waals surface area contributed by atoms with Gasteiger partial charge in [-0.15, -0.1) is 0 Å².